The Labute approximate surface area is 139 Å². The van der Waals surface area contributed by atoms with Crippen LogP contribution in [0, 0.1) is 5.82 Å². The van der Waals surface area contributed by atoms with Gasteiger partial charge in [-0.3, -0.25) is 4.79 Å². The smallest absolute Gasteiger partial charge is 0.339 e. The van der Waals surface area contributed by atoms with E-state index in [2.05, 4.69) is 6.07 Å². The van der Waals surface area contributed by atoms with Gasteiger partial charge in [-0.05, 0) is 42.7 Å². The summed E-state index contributed by atoms with van der Waals surface area (Å²) < 4.78 is 18.4. The predicted octanol–water partition coefficient (Wildman–Crippen LogP) is 2.96. The molecule has 1 amide bonds. The maximum Gasteiger partial charge on any atom is 0.339 e. The average molecular weight is 327 g/mol. The minimum absolute atomic E-state index is 0.0960. The Morgan fingerprint density at radius 3 is 2.62 bits per heavy atom. The summed E-state index contributed by atoms with van der Waals surface area (Å²) in [5, 5.41) is 0. The Bertz CT molecular complexity index is 775. The summed E-state index contributed by atoms with van der Waals surface area (Å²) in [5.74, 6) is -1.46. The van der Waals surface area contributed by atoms with Crippen LogP contribution in [-0.2, 0) is 22.5 Å². The second-order valence-electron chi connectivity index (χ2n) is 5.84. The maximum absolute atomic E-state index is 13.2. The standard InChI is InChI=1S/C19H18FNO3/c1-13(24-19(23)15-7-4-8-17(20)11-15)18(22)21-10-9-14-5-2-3-6-16(14)12-21/h2-8,11,13H,9-10,12H2,1H3/t13-/m1/s1. The van der Waals surface area contributed by atoms with Crippen LogP contribution in [0.5, 0.6) is 0 Å². The van der Waals surface area contributed by atoms with Crippen molar-refractivity contribution in [3.8, 4) is 0 Å². The van der Waals surface area contributed by atoms with E-state index in [-0.39, 0.29) is 11.5 Å². The van der Waals surface area contributed by atoms with E-state index in [9.17, 15) is 14.0 Å². The van der Waals surface area contributed by atoms with Crippen LogP contribution in [0.25, 0.3) is 0 Å². The fraction of sp³-hybridized carbons (Fsp3) is 0.263. The van der Waals surface area contributed by atoms with Crippen LogP contribution in [0.4, 0.5) is 4.39 Å². The third-order valence-electron chi connectivity index (χ3n) is 4.13. The Kier molecular flexibility index (Phi) is 4.60. The first-order valence-electron chi connectivity index (χ1n) is 7.86. The van der Waals surface area contributed by atoms with E-state index in [4.69, 9.17) is 4.74 Å². The number of fused-ring (bicyclic) bond motifs is 1. The van der Waals surface area contributed by atoms with E-state index < -0.39 is 17.9 Å². The molecule has 1 aliphatic rings. The predicted molar refractivity (Wildman–Crippen MR) is 86.8 cm³/mol. The van der Waals surface area contributed by atoms with Gasteiger partial charge < -0.3 is 9.64 Å². The van der Waals surface area contributed by atoms with Crippen molar-refractivity contribution in [1.29, 1.82) is 0 Å². The molecule has 2 aromatic rings. The molecule has 2 aromatic carbocycles. The van der Waals surface area contributed by atoms with E-state index in [0.717, 1.165) is 18.1 Å². The summed E-state index contributed by atoms with van der Waals surface area (Å²) in [7, 11) is 0. The average Bonchev–Trinajstić information content (AvgIpc) is 2.60. The maximum atomic E-state index is 13.2. The lowest BCUT2D eigenvalue weighted by atomic mass is 9.99. The van der Waals surface area contributed by atoms with E-state index in [1.807, 2.05) is 18.2 Å². The molecule has 0 spiro atoms. The highest BCUT2D eigenvalue weighted by molar-refractivity contribution is 5.92. The number of amides is 1. The molecule has 5 heteroatoms. The lowest BCUT2D eigenvalue weighted by Gasteiger charge is -2.30. The van der Waals surface area contributed by atoms with Crippen LogP contribution >= 0.6 is 0 Å². The zero-order chi connectivity index (χ0) is 17.1. The van der Waals surface area contributed by atoms with Crippen molar-refractivity contribution in [3.63, 3.8) is 0 Å². The normalized spacial score (nSPS) is 14.7. The lowest BCUT2D eigenvalue weighted by Crippen LogP contribution is -2.42. The zero-order valence-corrected chi connectivity index (χ0v) is 13.4. The highest BCUT2D eigenvalue weighted by atomic mass is 19.1. The topological polar surface area (TPSA) is 46.6 Å². The van der Waals surface area contributed by atoms with E-state index >= 15 is 0 Å². The minimum atomic E-state index is -0.911. The number of hydrogen-bond acceptors (Lipinski definition) is 3. The first kappa shape index (κ1) is 16.2. The van der Waals surface area contributed by atoms with Gasteiger partial charge in [-0.2, -0.15) is 0 Å². The zero-order valence-electron chi connectivity index (χ0n) is 13.4. The molecule has 124 valence electrons. The molecule has 0 radical (unpaired) electrons. The van der Waals surface area contributed by atoms with Crippen LogP contribution in [0.15, 0.2) is 48.5 Å². The van der Waals surface area contributed by atoms with Crippen LogP contribution < -0.4 is 0 Å². The number of esters is 1. The van der Waals surface area contributed by atoms with Crippen LogP contribution in [-0.4, -0.2) is 29.4 Å². The Balaban J connectivity index is 1.64. The van der Waals surface area contributed by atoms with Crippen molar-refractivity contribution in [2.75, 3.05) is 6.54 Å². The second-order valence-corrected chi connectivity index (χ2v) is 5.84. The molecule has 0 fully saturated rings. The SMILES string of the molecule is C[C@@H](OC(=O)c1cccc(F)c1)C(=O)N1CCc2ccccc2C1. The summed E-state index contributed by atoms with van der Waals surface area (Å²) in [6, 6.07) is 13.2. The van der Waals surface area contributed by atoms with Gasteiger partial charge in [0.2, 0.25) is 0 Å². The van der Waals surface area contributed by atoms with Gasteiger partial charge in [0.1, 0.15) is 5.82 Å². The quantitative estimate of drug-likeness (QED) is 0.814. The van der Waals surface area contributed by atoms with Gasteiger partial charge in [0.15, 0.2) is 6.10 Å². The van der Waals surface area contributed by atoms with Crippen LogP contribution in [0.3, 0.4) is 0 Å². The van der Waals surface area contributed by atoms with Crippen molar-refractivity contribution in [2.45, 2.75) is 26.0 Å². The van der Waals surface area contributed by atoms with E-state index in [1.165, 1.54) is 23.8 Å². The highest BCUT2D eigenvalue weighted by Crippen LogP contribution is 2.19. The number of benzene rings is 2. The molecule has 24 heavy (non-hydrogen) atoms. The highest BCUT2D eigenvalue weighted by Gasteiger charge is 2.27. The summed E-state index contributed by atoms with van der Waals surface area (Å²) >= 11 is 0. The summed E-state index contributed by atoms with van der Waals surface area (Å²) in [6.45, 7) is 2.65. The summed E-state index contributed by atoms with van der Waals surface area (Å²) in [5.41, 5.74) is 2.45. The second kappa shape index (κ2) is 6.83. The number of ether oxygens (including phenoxy) is 1. The van der Waals surface area contributed by atoms with Gasteiger partial charge in [0, 0.05) is 13.1 Å². The van der Waals surface area contributed by atoms with Crippen molar-refractivity contribution >= 4 is 11.9 Å². The Morgan fingerprint density at radius 2 is 1.88 bits per heavy atom. The molecule has 0 saturated heterocycles. The molecule has 1 heterocycles. The molecule has 1 atom stereocenters. The largest absolute Gasteiger partial charge is 0.449 e. The number of halogens is 1. The van der Waals surface area contributed by atoms with Gasteiger partial charge in [-0.25, -0.2) is 9.18 Å². The minimum Gasteiger partial charge on any atom is -0.449 e. The Hall–Kier alpha value is -2.69. The molecule has 4 nitrogen and oxygen atoms in total. The number of rotatable bonds is 3. The Morgan fingerprint density at radius 1 is 1.12 bits per heavy atom. The van der Waals surface area contributed by atoms with Gasteiger partial charge >= 0.3 is 5.97 Å². The van der Waals surface area contributed by atoms with Gasteiger partial charge in [-0.1, -0.05) is 30.3 Å². The van der Waals surface area contributed by atoms with E-state index in [1.54, 1.807) is 11.8 Å². The van der Waals surface area contributed by atoms with Crippen LogP contribution in [0.2, 0.25) is 0 Å². The number of hydrogen-bond donors (Lipinski definition) is 0. The number of carbonyl (C=O) groups excluding carboxylic acids is 2. The number of carbonyl (C=O) groups is 2. The fourth-order valence-electron chi connectivity index (χ4n) is 2.84. The van der Waals surface area contributed by atoms with Crippen molar-refractivity contribution in [3.05, 3.63) is 71.0 Å². The molecular formula is C19H18FNO3. The molecule has 0 N–H and O–H groups in total. The van der Waals surface area contributed by atoms with Gasteiger partial charge in [0.05, 0.1) is 5.56 Å². The van der Waals surface area contributed by atoms with E-state index in [0.29, 0.717) is 13.1 Å². The molecule has 0 bridgehead atoms. The first-order valence-corrected chi connectivity index (χ1v) is 7.86. The van der Waals surface area contributed by atoms with Crippen LogP contribution in [0.1, 0.15) is 28.4 Å². The molecule has 0 aliphatic carbocycles. The van der Waals surface area contributed by atoms with Gasteiger partial charge in [0.25, 0.3) is 5.91 Å². The monoisotopic (exact) mass is 327 g/mol. The van der Waals surface area contributed by atoms with Crippen molar-refractivity contribution in [1.82, 2.24) is 4.90 Å². The fourth-order valence-corrected chi connectivity index (χ4v) is 2.84. The molecule has 1 aliphatic heterocycles. The molecule has 0 unspecified atom stereocenters. The molecular weight excluding hydrogens is 309 g/mol. The van der Waals surface area contributed by atoms with Gasteiger partial charge in [-0.15, -0.1) is 0 Å². The molecule has 3 rings (SSSR count). The third-order valence-corrected chi connectivity index (χ3v) is 4.13. The molecule has 0 aromatic heterocycles. The summed E-state index contributed by atoms with van der Waals surface area (Å²) in [6.07, 6.45) is -0.127. The third kappa shape index (κ3) is 3.45. The molecule has 0 saturated carbocycles. The summed E-state index contributed by atoms with van der Waals surface area (Å²) in [4.78, 5) is 26.2. The van der Waals surface area contributed by atoms with Crippen molar-refractivity contribution < 1.29 is 18.7 Å². The number of nitrogens with zero attached hydrogens (tertiary/aromatic N) is 1. The lowest BCUT2D eigenvalue weighted by molar-refractivity contribution is -0.140. The first-order chi connectivity index (χ1) is 11.5. The van der Waals surface area contributed by atoms with Crippen molar-refractivity contribution in [2.24, 2.45) is 0 Å².